The highest BCUT2D eigenvalue weighted by atomic mass is 32.1. The second kappa shape index (κ2) is 9.79. The normalized spacial score (nSPS) is 14.5. The van der Waals surface area contributed by atoms with E-state index in [0.717, 1.165) is 29.4 Å². The average molecular weight is 463 g/mol. The van der Waals surface area contributed by atoms with Crippen molar-refractivity contribution >= 4 is 28.1 Å². The smallest absolute Gasteiger partial charge is 0.317 e. The minimum Gasteiger partial charge on any atom is -0.426 e. The number of carbonyl (C=O) groups excluding carboxylic acids is 1. The van der Waals surface area contributed by atoms with Crippen molar-refractivity contribution in [3.05, 3.63) is 83.1 Å². The van der Waals surface area contributed by atoms with Gasteiger partial charge in [-0.05, 0) is 29.0 Å². The molecule has 1 aliphatic heterocycles. The van der Waals surface area contributed by atoms with Gasteiger partial charge in [-0.15, -0.1) is 11.3 Å². The molecule has 0 spiro atoms. The van der Waals surface area contributed by atoms with Crippen LogP contribution in [-0.2, 0) is 22.5 Å². The van der Waals surface area contributed by atoms with Crippen molar-refractivity contribution in [3.63, 3.8) is 0 Å². The average Bonchev–Trinajstić information content (AvgIpc) is 3.29. The lowest BCUT2D eigenvalue weighted by Gasteiger charge is -2.27. The van der Waals surface area contributed by atoms with Crippen LogP contribution >= 0.6 is 11.3 Å². The molecule has 0 amide bonds. The summed E-state index contributed by atoms with van der Waals surface area (Å²) in [6, 6.07) is 18.3. The number of benzene rings is 3. The maximum atomic E-state index is 13.5. The van der Waals surface area contributed by atoms with Gasteiger partial charge in [-0.1, -0.05) is 42.5 Å². The van der Waals surface area contributed by atoms with Crippen molar-refractivity contribution < 1.29 is 18.7 Å². The van der Waals surface area contributed by atoms with Gasteiger partial charge in [0, 0.05) is 36.1 Å². The van der Waals surface area contributed by atoms with E-state index in [4.69, 9.17) is 9.47 Å². The summed E-state index contributed by atoms with van der Waals surface area (Å²) in [7, 11) is 0. The van der Waals surface area contributed by atoms with Crippen molar-refractivity contribution in [2.24, 2.45) is 0 Å². The molecule has 4 aromatic rings. The lowest BCUT2D eigenvalue weighted by atomic mass is 10.0. The summed E-state index contributed by atoms with van der Waals surface area (Å²) in [5, 5.41) is 4.68. The van der Waals surface area contributed by atoms with Gasteiger partial charge in [0.15, 0.2) is 0 Å². The number of hydrogen-bond donors (Lipinski definition) is 0. The summed E-state index contributed by atoms with van der Waals surface area (Å²) in [5.41, 5.74) is 2.31. The van der Waals surface area contributed by atoms with E-state index in [0.29, 0.717) is 41.8 Å². The standard InChI is InChI=1S/C26H23FN2O3S/c27-20-6-3-5-19(14-20)26-28-21(17-33-26)15-25(30)32-24-9-8-18-4-1-2-7-22(18)23(24)16-29-10-12-31-13-11-29/h1-9,14,17H,10-13,15-16H2. The van der Waals surface area contributed by atoms with Crippen LogP contribution in [0.25, 0.3) is 21.3 Å². The highest BCUT2D eigenvalue weighted by molar-refractivity contribution is 7.13. The van der Waals surface area contributed by atoms with Crippen LogP contribution in [0.4, 0.5) is 4.39 Å². The Morgan fingerprint density at radius 2 is 1.94 bits per heavy atom. The van der Waals surface area contributed by atoms with Crippen molar-refractivity contribution in [1.82, 2.24) is 9.88 Å². The van der Waals surface area contributed by atoms with Gasteiger partial charge in [0.25, 0.3) is 0 Å². The number of fused-ring (bicyclic) bond motifs is 1. The molecule has 1 fully saturated rings. The molecular formula is C26H23FN2O3S. The molecule has 0 unspecified atom stereocenters. The van der Waals surface area contributed by atoms with Gasteiger partial charge in [-0.3, -0.25) is 9.69 Å². The van der Waals surface area contributed by atoms with Crippen LogP contribution in [0.5, 0.6) is 5.75 Å². The van der Waals surface area contributed by atoms with Crippen LogP contribution in [0, 0.1) is 5.82 Å². The van der Waals surface area contributed by atoms with E-state index >= 15 is 0 Å². The van der Waals surface area contributed by atoms with E-state index in [1.807, 2.05) is 29.6 Å². The quantitative estimate of drug-likeness (QED) is 0.295. The fourth-order valence-electron chi connectivity index (χ4n) is 4.01. The van der Waals surface area contributed by atoms with Crippen LogP contribution in [0.1, 0.15) is 11.3 Å². The van der Waals surface area contributed by atoms with E-state index in [1.54, 1.807) is 12.1 Å². The van der Waals surface area contributed by atoms with Gasteiger partial charge in [-0.2, -0.15) is 0 Å². The van der Waals surface area contributed by atoms with Crippen molar-refractivity contribution in [2.75, 3.05) is 26.3 Å². The predicted octanol–water partition coefficient (Wildman–Crippen LogP) is 5.08. The highest BCUT2D eigenvalue weighted by Crippen LogP contribution is 2.30. The molecule has 3 aromatic carbocycles. The Bertz CT molecular complexity index is 1280. The van der Waals surface area contributed by atoms with Crippen molar-refractivity contribution in [3.8, 4) is 16.3 Å². The van der Waals surface area contributed by atoms with E-state index in [-0.39, 0.29) is 18.2 Å². The Kier molecular flexibility index (Phi) is 6.44. The van der Waals surface area contributed by atoms with Gasteiger partial charge in [-0.25, -0.2) is 9.37 Å². The van der Waals surface area contributed by atoms with Crippen LogP contribution in [-0.4, -0.2) is 42.2 Å². The van der Waals surface area contributed by atoms with E-state index in [9.17, 15) is 9.18 Å². The Morgan fingerprint density at radius 3 is 2.79 bits per heavy atom. The highest BCUT2D eigenvalue weighted by Gasteiger charge is 2.18. The third kappa shape index (κ3) is 5.11. The van der Waals surface area contributed by atoms with E-state index < -0.39 is 0 Å². The number of rotatable bonds is 6. The van der Waals surface area contributed by atoms with Crippen molar-refractivity contribution in [1.29, 1.82) is 0 Å². The SMILES string of the molecule is O=C(Cc1csc(-c2cccc(F)c2)n1)Oc1ccc2ccccc2c1CN1CCOCC1. The Balaban J connectivity index is 1.35. The zero-order valence-electron chi connectivity index (χ0n) is 18.0. The zero-order chi connectivity index (χ0) is 22.6. The first-order valence-electron chi connectivity index (χ1n) is 10.9. The lowest BCUT2D eigenvalue weighted by Crippen LogP contribution is -2.35. The zero-order valence-corrected chi connectivity index (χ0v) is 18.8. The second-order valence-corrected chi connectivity index (χ2v) is 8.82. The van der Waals surface area contributed by atoms with Crippen LogP contribution in [0.15, 0.2) is 66.0 Å². The monoisotopic (exact) mass is 462 g/mol. The fraction of sp³-hybridized carbons (Fsp3) is 0.231. The van der Waals surface area contributed by atoms with Gasteiger partial charge < -0.3 is 9.47 Å². The molecular weight excluding hydrogens is 439 g/mol. The summed E-state index contributed by atoms with van der Waals surface area (Å²) in [6.45, 7) is 3.79. The number of halogens is 1. The predicted molar refractivity (Wildman–Crippen MR) is 127 cm³/mol. The maximum absolute atomic E-state index is 13.5. The number of nitrogens with zero attached hydrogens (tertiary/aromatic N) is 2. The topological polar surface area (TPSA) is 51.7 Å². The van der Waals surface area contributed by atoms with Crippen molar-refractivity contribution in [2.45, 2.75) is 13.0 Å². The molecule has 0 aliphatic carbocycles. The molecule has 168 valence electrons. The molecule has 0 atom stereocenters. The fourth-order valence-corrected chi connectivity index (χ4v) is 4.82. The van der Waals surface area contributed by atoms with Gasteiger partial charge in [0.1, 0.15) is 16.6 Å². The largest absolute Gasteiger partial charge is 0.426 e. The van der Waals surface area contributed by atoms with E-state index in [2.05, 4.69) is 22.0 Å². The number of esters is 1. The molecule has 1 saturated heterocycles. The second-order valence-electron chi connectivity index (χ2n) is 7.96. The van der Waals surface area contributed by atoms with E-state index in [1.165, 1.54) is 23.5 Å². The summed E-state index contributed by atoms with van der Waals surface area (Å²) in [6.07, 6.45) is 0.0512. The molecule has 0 N–H and O–H groups in total. The molecule has 0 radical (unpaired) electrons. The molecule has 2 heterocycles. The minimum atomic E-state index is -0.371. The van der Waals surface area contributed by atoms with Gasteiger partial charge >= 0.3 is 5.97 Å². The minimum absolute atomic E-state index is 0.0512. The summed E-state index contributed by atoms with van der Waals surface area (Å²) < 4.78 is 24.8. The van der Waals surface area contributed by atoms with Crippen LogP contribution in [0.2, 0.25) is 0 Å². The molecule has 0 saturated carbocycles. The Morgan fingerprint density at radius 1 is 1.09 bits per heavy atom. The number of ether oxygens (including phenoxy) is 2. The third-order valence-corrected chi connectivity index (χ3v) is 6.60. The third-order valence-electron chi connectivity index (χ3n) is 5.66. The molecule has 5 rings (SSSR count). The molecule has 1 aliphatic rings. The number of carbonyl (C=O) groups is 1. The first-order valence-corrected chi connectivity index (χ1v) is 11.8. The number of thiazole rings is 1. The Hall–Kier alpha value is -3.13. The maximum Gasteiger partial charge on any atom is 0.317 e. The molecule has 7 heteroatoms. The molecule has 0 bridgehead atoms. The Labute approximate surface area is 195 Å². The summed E-state index contributed by atoms with van der Waals surface area (Å²) in [4.78, 5) is 19.6. The first-order chi connectivity index (χ1) is 16.2. The number of hydrogen-bond acceptors (Lipinski definition) is 6. The number of aromatic nitrogens is 1. The lowest BCUT2D eigenvalue weighted by molar-refractivity contribution is -0.133. The van der Waals surface area contributed by atoms with Gasteiger partial charge in [0.2, 0.25) is 0 Å². The van der Waals surface area contributed by atoms with Crippen LogP contribution < -0.4 is 4.74 Å². The van der Waals surface area contributed by atoms with Crippen LogP contribution in [0.3, 0.4) is 0 Å². The van der Waals surface area contributed by atoms with Gasteiger partial charge in [0.05, 0.1) is 25.3 Å². The number of morpholine rings is 1. The summed E-state index contributed by atoms with van der Waals surface area (Å²) >= 11 is 1.38. The molecule has 5 nitrogen and oxygen atoms in total. The molecule has 33 heavy (non-hydrogen) atoms. The first kappa shape index (κ1) is 21.7. The molecule has 1 aromatic heterocycles. The summed E-state index contributed by atoms with van der Waals surface area (Å²) in [5.74, 6) is -0.108.